The molecular formula is C17H17N3O3S. The van der Waals surface area contributed by atoms with Crippen molar-refractivity contribution in [2.24, 2.45) is 0 Å². The number of hydrogen-bond acceptors (Lipinski definition) is 5. The first-order valence-electron chi connectivity index (χ1n) is 7.38. The molecule has 0 unspecified atom stereocenters. The molecule has 124 valence electrons. The standard InChI is InChI=1S/C17H17N3O3S/c1-12-4-3-5-14(10-12)11-24(21,22)20-16-8-6-15(7-9-16)17-19-18-13(2)23-17/h3-10,20H,11H2,1-2H3. The molecule has 2 aromatic carbocycles. The third kappa shape index (κ3) is 3.99. The van der Waals surface area contributed by atoms with Crippen LogP contribution in [0.15, 0.2) is 52.9 Å². The summed E-state index contributed by atoms with van der Waals surface area (Å²) in [4.78, 5) is 0. The van der Waals surface area contributed by atoms with Crippen LogP contribution < -0.4 is 4.72 Å². The van der Waals surface area contributed by atoms with Crippen LogP contribution in [0.4, 0.5) is 5.69 Å². The Morgan fingerprint density at radius 2 is 1.79 bits per heavy atom. The normalized spacial score (nSPS) is 11.4. The highest BCUT2D eigenvalue weighted by molar-refractivity contribution is 7.91. The lowest BCUT2D eigenvalue weighted by molar-refractivity contribution is 0.533. The maximum atomic E-state index is 12.3. The molecule has 1 heterocycles. The van der Waals surface area contributed by atoms with Gasteiger partial charge in [0.1, 0.15) is 0 Å². The molecule has 0 saturated carbocycles. The molecule has 0 aliphatic carbocycles. The maximum absolute atomic E-state index is 12.3. The van der Waals surface area contributed by atoms with Crippen molar-refractivity contribution in [3.05, 3.63) is 65.5 Å². The second kappa shape index (κ2) is 6.45. The van der Waals surface area contributed by atoms with Gasteiger partial charge >= 0.3 is 0 Å². The van der Waals surface area contributed by atoms with Crippen molar-refractivity contribution < 1.29 is 12.8 Å². The van der Waals surface area contributed by atoms with Crippen molar-refractivity contribution in [2.45, 2.75) is 19.6 Å². The van der Waals surface area contributed by atoms with E-state index in [1.807, 2.05) is 25.1 Å². The fourth-order valence-corrected chi connectivity index (χ4v) is 3.52. The van der Waals surface area contributed by atoms with Crippen molar-refractivity contribution in [3.8, 4) is 11.5 Å². The van der Waals surface area contributed by atoms with Crippen molar-refractivity contribution >= 4 is 15.7 Å². The molecule has 0 bridgehead atoms. The molecule has 24 heavy (non-hydrogen) atoms. The molecule has 7 heteroatoms. The van der Waals surface area contributed by atoms with Crippen LogP contribution in [0.25, 0.3) is 11.5 Å². The van der Waals surface area contributed by atoms with Crippen molar-refractivity contribution in [1.82, 2.24) is 10.2 Å². The molecule has 0 atom stereocenters. The number of sulfonamides is 1. The molecule has 6 nitrogen and oxygen atoms in total. The zero-order valence-electron chi connectivity index (χ0n) is 13.4. The summed E-state index contributed by atoms with van der Waals surface area (Å²) in [5, 5.41) is 7.70. The Balaban J connectivity index is 1.73. The van der Waals surface area contributed by atoms with E-state index < -0.39 is 10.0 Å². The minimum absolute atomic E-state index is 0.0702. The first-order chi connectivity index (χ1) is 11.4. The van der Waals surface area contributed by atoms with Gasteiger partial charge in [-0.15, -0.1) is 10.2 Å². The minimum Gasteiger partial charge on any atom is -0.421 e. The number of aryl methyl sites for hydroxylation is 2. The van der Waals surface area contributed by atoms with E-state index >= 15 is 0 Å². The smallest absolute Gasteiger partial charge is 0.247 e. The van der Waals surface area contributed by atoms with Gasteiger partial charge in [-0.05, 0) is 36.8 Å². The molecular weight excluding hydrogens is 326 g/mol. The highest BCUT2D eigenvalue weighted by atomic mass is 32.2. The van der Waals surface area contributed by atoms with E-state index in [9.17, 15) is 8.42 Å². The molecule has 0 aliphatic rings. The summed E-state index contributed by atoms with van der Waals surface area (Å²) in [7, 11) is -3.48. The average molecular weight is 343 g/mol. The lowest BCUT2D eigenvalue weighted by atomic mass is 10.2. The number of anilines is 1. The first kappa shape index (κ1) is 16.2. The second-order valence-electron chi connectivity index (χ2n) is 5.55. The molecule has 0 fully saturated rings. The van der Waals surface area contributed by atoms with Crippen molar-refractivity contribution in [1.29, 1.82) is 0 Å². The third-order valence-corrected chi connectivity index (χ3v) is 4.63. The summed E-state index contributed by atoms with van der Waals surface area (Å²) in [5.74, 6) is 0.814. The SMILES string of the molecule is Cc1cccc(CS(=O)(=O)Nc2ccc(-c3nnc(C)o3)cc2)c1. The topological polar surface area (TPSA) is 85.1 Å². The molecule has 0 saturated heterocycles. The average Bonchev–Trinajstić information content (AvgIpc) is 2.93. The maximum Gasteiger partial charge on any atom is 0.247 e. The van der Waals surface area contributed by atoms with Gasteiger partial charge in [0.25, 0.3) is 0 Å². The van der Waals surface area contributed by atoms with E-state index in [1.165, 1.54) is 0 Å². The molecule has 1 aromatic heterocycles. The van der Waals surface area contributed by atoms with Crippen molar-refractivity contribution in [3.63, 3.8) is 0 Å². The van der Waals surface area contributed by atoms with Gasteiger partial charge in [0.05, 0.1) is 5.75 Å². The molecule has 0 radical (unpaired) electrons. The predicted octanol–water partition coefficient (Wildman–Crippen LogP) is 3.30. The summed E-state index contributed by atoms with van der Waals surface area (Å²) < 4.78 is 32.5. The number of nitrogens with one attached hydrogen (secondary N) is 1. The third-order valence-electron chi connectivity index (χ3n) is 3.37. The second-order valence-corrected chi connectivity index (χ2v) is 7.28. The van der Waals surface area contributed by atoms with Gasteiger partial charge in [0.2, 0.25) is 21.8 Å². The van der Waals surface area contributed by atoms with Crippen LogP contribution in [0.3, 0.4) is 0 Å². The van der Waals surface area contributed by atoms with Crippen molar-refractivity contribution in [2.75, 3.05) is 4.72 Å². The van der Waals surface area contributed by atoms with E-state index in [0.29, 0.717) is 17.5 Å². The lowest BCUT2D eigenvalue weighted by Gasteiger charge is -2.09. The van der Waals surface area contributed by atoms with Gasteiger partial charge in [-0.25, -0.2) is 8.42 Å². The Morgan fingerprint density at radius 3 is 2.42 bits per heavy atom. The molecule has 0 aliphatic heterocycles. The zero-order valence-corrected chi connectivity index (χ0v) is 14.2. The predicted molar refractivity (Wildman–Crippen MR) is 91.9 cm³/mol. The van der Waals surface area contributed by atoms with Crippen LogP contribution in [0.5, 0.6) is 0 Å². The Hall–Kier alpha value is -2.67. The highest BCUT2D eigenvalue weighted by Gasteiger charge is 2.12. The Kier molecular flexibility index (Phi) is 4.35. The molecule has 0 amide bonds. The van der Waals surface area contributed by atoms with Crippen LogP contribution in [-0.4, -0.2) is 18.6 Å². The fourth-order valence-electron chi connectivity index (χ4n) is 2.33. The summed E-state index contributed by atoms with van der Waals surface area (Å²) in [6, 6.07) is 14.2. The van der Waals surface area contributed by atoms with E-state index in [0.717, 1.165) is 16.7 Å². The largest absolute Gasteiger partial charge is 0.421 e. The number of nitrogens with zero attached hydrogens (tertiary/aromatic N) is 2. The van der Waals surface area contributed by atoms with E-state index in [4.69, 9.17) is 4.42 Å². The van der Waals surface area contributed by atoms with Crippen LogP contribution >= 0.6 is 0 Å². The number of aromatic nitrogens is 2. The Labute approximate surface area is 140 Å². The van der Waals surface area contributed by atoms with E-state index in [2.05, 4.69) is 14.9 Å². The van der Waals surface area contributed by atoms with Gasteiger partial charge in [0, 0.05) is 18.2 Å². The van der Waals surface area contributed by atoms with Crippen LogP contribution in [0, 0.1) is 13.8 Å². The fraction of sp³-hybridized carbons (Fsp3) is 0.176. The summed E-state index contributed by atoms with van der Waals surface area (Å²) >= 11 is 0. The van der Waals surface area contributed by atoms with Gasteiger partial charge in [0.15, 0.2) is 0 Å². The molecule has 0 spiro atoms. The monoisotopic (exact) mass is 343 g/mol. The first-order valence-corrected chi connectivity index (χ1v) is 9.03. The van der Waals surface area contributed by atoms with Crippen LogP contribution in [0.2, 0.25) is 0 Å². The molecule has 3 aromatic rings. The van der Waals surface area contributed by atoms with E-state index in [1.54, 1.807) is 37.3 Å². The number of benzene rings is 2. The summed E-state index contributed by atoms with van der Waals surface area (Å²) in [6.45, 7) is 3.64. The van der Waals surface area contributed by atoms with E-state index in [-0.39, 0.29) is 5.75 Å². The molecule has 1 N–H and O–H groups in total. The highest BCUT2D eigenvalue weighted by Crippen LogP contribution is 2.21. The number of hydrogen-bond donors (Lipinski definition) is 1. The lowest BCUT2D eigenvalue weighted by Crippen LogP contribution is -2.15. The van der Waals surface area contributed by atoms with Gasteiger partial charge < -0.3 is 4.42 Å². The minimum atomic E-state index is -3.48. The summed E-state index contributed by atoms with van der Waals surface area (Å²) in [6.07, 6.45) is 0. The summed E-state index contributed by atoms with van der Waals surface area (Å²) in [5.41, 5.74) is 3.00. The Bertz CT molecular complexity index is 947. The van der Waals surface area contributed by atoms with Gasteiger partial charge in [-0.2, -0.15) is 0 Å². The van der Waals surface area contributed by atoms with Crippen LogP contribution in [-0.2, 0) is 15.8 Å². The zero-order chi connectivity index (χ0) is 17.2. The number of rotatable bonds is 5. The molecule has 3 rings (SSSR count). The van der Waals surface area contributed by atoms with Gasteiger partial charge in [-0.3, -0.25) is 4.72 Å². The quantitative estimate of drug-likeness (QED) is 0.768. The van der Waals surface area contributed by atoms with Crippen LogP contribution in [0.1, 0.15) is 17.0 Å². The van der Waals surface area contributed by atoms with Gasteiger partial charge in [-0.1, -0.05) is 29.8 Å². The Morgan fingerprint density at radius 1 is 1.04 bits per heavy atom.